The number of carbonyl (C=O) groups is 2. The lowest BCUT2D eigenvalue weighted by atomic mass is 10.1. The smallest absolute Gasteiger partial charge is 0.408 e. The summed E-state index contributed by atoms with van der Waals surface area (Å²) in [6.45, 7) is 7.01. The van der Waals surface area contributed by atoms with Crippen molar-refractivity contribution in [2.24, 2.45) is 0 Å². The third-order valence-electron chi connectivity index (χ3n) is 4.93. The van der Waals surface area contributed by atoms with Gasteiger partial charge >= 0.3 is 6.09 Å². The van der Waals surface area contributed by atoms with Crippen molar-refractivity contribution in [3.05, 3.63) is 65.7 Å². The Hall–Kier alpha value is -2.67. The Bertz CT molecular complexity index is 1010. The number of alkyl carbamates (subject to hydrolysis) is 1. The molecule has 1 saturated carbocycles. The van der Waals surface area contributed by atoms with Crippen molar-refractivity contribution in [1.82, 2.24) is 5.32 Å². The fourth-order valence-corrected chi connectivity index (χ4v) is 5.86. The van der Waals surface area contributed by atoms with Gasteiger partial charge in [-0.15, -0.1) is 0 Å². The molecule has 0 aliphatic heterocycles. The Morgan fingerprint density at radius 3 is 2.17 bits per heavy atom. The van der Waals surface area contributed by atoms with E-state index in [0.717, 1.165) is 5.56 Å². The molecule has 0 aromatic heterocycles. The number of benzene rings is 2. The molecule has 1 N–H and O–H groups in total. The lowest BCUT2D eigenvalue weighted by molar-refractivity contribution is -0.110. The quantitative estimate of drug-likeness (QED) is 0.756. The van der Waals surface area contributed by atoms with E-state index >= 15 is 0 Å². The van der Waals surface area contributed by atoms with Crippen LogP contribution in [0.25, 0.3) is 0 Å². The normalized spacial score (nSPS) is 23.9. The first kappa shape index (κ1) is 21.0. The van der Waals surface area contributed by atoms with Crippen LogP contribution in [0.3, 0.4) is 0 Å². The second-order valence-corrected chi connectivity index (χ2v) is 10.4. The summed E-state index contributed by atoms with van der Waals surface area (Å²) in [5.74, 6) is -0.710. The molecule has 0 radical (unpaired) electrons. The molecule has 2 aromatic carbocycles. The number of hydrogen-bond donors (Lipinski definition) is 1. The van der Waals surface area contributed by atoms with E-state index in [2.05, 4.69) is 5.32 Å². The summed E-state index contributed by atoms with van der Waals surface area (Å²) < 4.78 is 32.0. The average molecular weight is 416 g/mol. The predicted octanol–water partition coefficient (Wildman–Crippen LogP) is 3.40. The number of rotatable bonds is 5. The van der Waals surface area contributed by atoms with Crippen LogP contribution in [-0.4, -0.2) is 37.2 Å². The fourth-order valence-electron chi connectivity index (χ4n) is 3.59. The van der Waals surface area contributed by atoms with E-state index < -0.39 is 38.2 Å². The highest BCUT2D eigenvalue weighted by molar-refractivity contribution is 7.92. The van der Waals surface area contributed by atoms with Crippen LogP contribution in [0.5, 0.6) is 0 Å². The van der Waals surface area contributed by atoms with Gasteiger partial charge in [0.1, 0.15) is 22.7 Å². The van der Waals surface area contributed by atoms with E-state index in [4.69, 9.17) is 4.74 Å². The minimum atomic E-state index is -3.88. The largest absolute Gasteiger partial charge is 0.444 e. The molecule has 29 heavy (non-hydrogen) atoms. The van der Waals surface area contributed by atoms with Crippen molar-refractivity contribution in [3.8, 4) is 0 Å². The van der Waals surface area contributed by atoms with Crippen LogP contribution < -0.4 is 5.32 Å². The van der Waals surface area contributed by atoms with Gasteiger partial charge in [-0.2, -0.15) is 0 Å². The molecule has 1 amide bonds. The topological polar surface area (TPSA) is 89.5 Å². The molecule has 7 heteroatoms. The summed E-state index contributed by atoms with van der Waals surface area (Å²) in [7, 11) is -3.88. The lowest BCUT2D eigenvalue weighted by Gasteiger charge is -2.22. The van der Waals surface area contributed by atoms with Crippen molar-refractivity contribution >= 4 is 22.2 Å². The Morgan fingerprint density at radius 1 is 1.07 bits per heavy atom. The maximum absolute atomic E-state index is 13.3. The SMILES string of the molecule is Cc1ccc([C@@H]2[C@@H](S(=O)(=O)c3ccccc3)[C@]2(C=O)NC(=O)OC(C)(C)C)cc1. The van der Waals surface area contributed by atoms with Gasteiger partial charge < -0.3 is 14.8 Å². The zero-order valence-corrected chi connectivity index (χ0v) is 17.7. The number of carbonyl (C=O) groups excluding carboxylic acids is 2. The summed E-state index contributed by atoms with van der Waals surface area (Å²) >= 11 is 0. The second kappa shape index (κ2) is 7.30. The maximum atomic E-state index is 13.3. The van der Waals surface area contributed by atoms with Gasteiger partial charge in [-0.05, 0) is 45.4 Å². The Balaban J connectivity index is 2.04. The summed E-state index contributed by atoms with van der Waals surface area (Å²) in [4.78, 5) is 24.7. The van der Waals surface area contributed by atoms with Gasteiger partial charge in [-0.1, -0.05) is 48.0 Å². The molecule has 2 aromatic rings. The minimum absolute atomic E-state index is 0.108. The molecule has 3 atom stereocenters. The van der Waals surface area contributed by atoms with Crippen LogP contribution >= 0.6 is 0 Å². The number of sulfone groups is 1. The zero-order chi connectivity index (χ0) is 21.4. The van der Waals surface area contributed by atoms with Crippen LogP contribution in [0.15, 0.2) is 59.5 Å². The average Bonchev–Trinajstić information content (AvgIpc) is 3.31. The first-order valence-corrected chi connectivity index (χ1v) is 10.9. The van der Waals surface area contributed by atoms with Crippen molar-refractivity contribution < 1.29 is 22.7 Å². The molecule has 154 valence electrons. The molecule has 1 fully saturated rings. The van der Waals surface area contributed by atoms with E-state index in [9.17, 15) is 18.0 Å². The number of hydrogen-bond acceptors (Lipinski definition) is 5. The summed E-state index contributed by atoms with van der Waals surface area (Å²) in [6, 6.07) is 15.2. The highest BCUT2D eigenvalue weighted by Crippen LogP contribution is 2.56. The predicted molar refractivity (Wildman–Crippen MR) is 110 cm³/mol. The molecule has 1 aliphatic rings. The summed E-state index contributed by atoms with van der Waals surface area (Å²) in [6.07, 6.45) is -0.306. The van der Waals surface area contributed by atoms with E-state index in [0.29, 0.717) is 11.8 Å². The first-order chi connectivity index (χ1) is 13.5. The van der Waals surface area contributed by atoms with Crippen molar-refractivity contribution in [3.63, 3.8) is 0 Å². The Morgan fingerprint density at radius 2 is 1.66 bits per heavy atom. The lowest BCUT2D eigenvalue weighted by Crippen LogP contribution is -2.45. The zero-order valence-electron chi connectivity index (χ0n) is 16.9. The van der Waals surface area contributed by atoms with Gasteiger partial charge in [0.05, 0.1) is 4.90 Å². The van der Waals surface area contributed by atoms with Crippen molar-refractivity contribution in [2.45, 2.75) is 54.9 Å². The molecule has 1 aliphatic carbocycles. The molecule has 0 spiro atoms. The van der Waals surface area contributed by atoms with Crippen molar-refractivity contribution in [2.75, 3.05) is 0 Å². The summed E-state index contributed by atoms with van der Waals surface area (Å²) in [5, 5.41) is 1.43. The number of aryl methyl sites for hydroxylation is 1. The molecule has 0 saturated heterocycles. The monoisotopic (exact) mass is 415 g/mol. The van der Waals surface area contributed by atoms with E-state index in [1.54, 1.807) is 51.1 Å². The highest BCUT2D eigenvalue weighted by atomic mass is 32.2. The van der Waals surface area contributed by atoms with Gasteiger partial charge in [0.25, 0.3) is 0 Å². The molecule has 0 heterocycles. The maximum Gasteiger partial charge on any atom is 0.408 e. The number of ether oxygens (including phenoxy) is 1. The van der Waals surface area contributed by atoms with Crippen molar-refractivity contribution in [1.29, 1.82) is 0 Å². The first-order valence-electron chi connectivity index (χ1n) is 9.34. The minimum Gasteiger partial charge on any atom is -0.444 e. The third-order valence-corrected chi connectivity index (χ3v) is 7.19. The van der Waals surface area contributed by atoms with Gasteiger partial charge in [0, 0.05) is 5.92 Å². The number of amides is 1. The molecule has 0 unspecified atom stereocenters. The molecule has 6 nitrogen and oxygen atoms in total. The highest BCUT2D eigenvalue weighted by Gasteiger charge is 2.73. The van der Waals surface area contributed by atoms with Crippen LogP contribution in [0.1, 0.15) is 37.8 Å². The molecule has 0 bridgehead atoms. The standard InChI is InChI=1S/C22H25NO5S/c1-15-10-12-16(13-11-15)18-19(29(26,27)17-8-6-5-7-9-17)22(18,14-24)23-20(25)28-21(2,3)4/h5-14,18-19H,1-4H3,(H,23,25)/t18-,19-,22-/m1/s1. The third kappa shape index (κ3) is 4.05. The van der Waals surface area contributed by atoms with E-state index in [-0.39, 0.29) is 4.90 Å². The second-order valence-electron chi connectivity index (χ2n) is 8.34. The molecule has 3 rings (SSSR count). The number of aldehydes is 1. The number of nitrogens with one attached hydrogen (secondary N) is 1. The van der Waals surface area contributed by atoms with Crippen LogP contribution in [-0.2, 0) is 19.4 Å². The Labute approximate surface area is 171 Å². The van der Waals surface area contributed by atoms with E-state index in [1.165, 1.54) is 12.1 Å². The van der Waals surface area contributed by atoms with Crippen LogP contribution in [0.4, 0.5) is 4.79 Å². The van der Waals surface area contributed by atoms with E-state index in [1.807, 2.05) is 19.1 Å². The van der Waals surface area contributed by atoms with Crippen LogP contribution in [0, 0.1) is 6.92 Å². The molecular weight excluding hydrogens is 390 g/mol. The van der Waals surface area contributed by atoms with Crippen LogP contribution in [0.2, 0.25) is 0 Å². The van der Waals surface area contributed by atoms with Gasteiger partial charge in [-0.3, -0.25) is 0 Å². The summed E-state index contributed by atoms with van der Waals surface area (Å²) in [5.41, 5.74) is -0.695. The Kier molecular flexibility index (Phi) is 5.30. The fraction of sp³-hybridized carbons (Fsp3) is 0.364. The van der Waals surface area contributed by atoms with Gasteiger partial charge in [-0.25, -0.2) is 13.2 Å². The molecular formula is C22H25NO5S. The van der Waals surface area contributed by atoms with Gasteiger partial charge in [0.15, 0.2) is 9.84 Å². The van der Waals surface area contributed by atoms with Gasteiger partial charge in [0.2, 0.25) is 0 Å².